The fourth-order valence-corrected chi connectivity index (χ4v) is 1.02. The zero-order valence-corrected chi connectivity index (χ0v) is 8.07. The van der Waals surface area contributed by atoms with Gasteiger partial charge in [-0.3, -0.25) is 4.79 Å². The van der Waals surface area contributed by atoms with Gasteiger partial charge < -0.3 is 4.74 Å². The molecule has 15 heavy (non-hydrogen) atoms. The van der Waals surface area contributed by atoms with Crippen molar-refractivity contribution in [3.63, 3.8) is 0 Å². The third kappa shape index (κ3) is 3.02. The highest BCUT2D eigenvalue weighted by Gasteiger charge is 2.01. The molecule has 0 heterocycles. The van der Waals surface area contributed by atoms with E-state index >= 15 is 0 Å². The van der Waals surface area contributed by atoms with Crippen molar-refractivity contribution in [2.24, 2.45) is 0 Å². The molecule has 0 N–H and O–H groups in total. The van der Waals surface area contributed by atoms with Gasteiger partial charge in [-0.2, -0.15) is 0 Å². The first-order chi connectivity index (χ1) is 7.17. The van der Waals surface area contributed by atoms with Crippen LogP contribution in [0.3, 0.4) is 0 Å². The number of benzene rings is 1. The molecular weight excluding hydrogens is 199 g/mol. The van der Waals surface area contributed by atoms with Gasteiger partial charge in [0.1, 0.15) is 5.82 Å². The second kappa shape index (κ2) is 5.05. The van der Waals surface area contributed by atoms with Gasteiger partial charge in [-0.1, -0.05) is 0 Å². The smallest absolute Gasteiger partial charge is 0.330 e. The average Bonchev–Trinajstić information content (AvgIpc) is 2.26. The van der Waals surface area contributed by atoms with Crippen LogP contribution in [0.2, 0.25) is 0 Å². The maximum atomic E-state index is 12.8. The molecule has 78 valence electrons. The molecule has 0 fully saturated rings. The molecule has 3 nitrogen and oxygen atoms in total. The Hall–Kier alpha value is -1.97. The van der Waals surface area contributed by atoms with Crippen LogP contribution in [0.5, 0.6) is 0 Å². The molecule has 0 spiro atoms. The number of rotatable bonds is 3. The largest absolute Gasteiger partial charge is 0.466 e. The molecule has 0 aliphatic rings. The fourth-order valence-electron chi connectivity index (χ4n) is 1.02. The lowest BCUT2D eigenvalue weighted by atomic mass is 10.1. The summed E-state index contributed by atoms with van der Waals surface area (Å²) in [4.78, 5) is 21.4. The Morgan fingerprint density at radius 1 is 1.40 bits per heavy atom. The summed E-state index contributed by atoms with van der Waals surface area (Å²) in [5.41, 5.74) is 0.659. The molecule has 0 aromatic heterocycles. The fraction of sp³-hybridized carbons (Fsp3) is 0.0909. The standard InChI is InChI=1S/C11H9FO3/c1-15-11(14)5-3-8-6-10(12)4-2-9(8)7-13/h2-7H,1H3. The Labute approximate surface area is 86.2 Å². The lowest BCUT2D eigenvalue weighted by Crippen LogP contribution is -1.94. The zero-order valence-electron chi connectivity index (χ0n) is 8.07. The minimum Gasteiger partial charge on any atom is -0.466 e. The first-order valence-corrected chi connectivity index (χ1v) is 4.18. The number of carbonyl (C=O) groups excluding carboxylic acids is 2. The Morgan fingerprint density at radius 3 is 2.73 bits per heavy atom. The van der Waals surface area contributed by atoms with E-state index < -0.39 is 11.8 Å². The third-order valence-electron chi connectivity index (χ3n) is 1.78. The topological polar surface area (TPSA) is 43.4 Å². The molecule has 1 rings (SSSR count). The molecule has 0 radical (unpaired) electrons. The Kier molecular flexibility index (Phi) is 3.74. The van der Waals surface area contributed by atoms with E-state index in [1.54, 1.807) is 0 Å². The second-order valence-electron chi connectivity index (χ2n) is 2.75. The van der Waals surface area contributed by atoms with Gasteiger partial charge in [-0.25, -0.2) is 9.18 Å². The van der Waals surface area contributed by atoms with Crippen molar-refractivity contribution < 1.29 is 18.7 Å². The third-order valence-corrected chi connectivity index (χ3v) is 1.78. The Morgan fingerprint density at radius 2 is 2.13 bits per heavy atom. The second-order valence-corrected chi connectivity index (χ2v) is 2.75. The van der Waals surface area contributed by atoms with Gasteiger partial charge in [0, 0.05) is 11.6 Å². The van der Waals surface area contributed by atoms with E-state index in [1.165, 1.54) is 31.4 Å². The summed E-state index contributed by atoms with van der Waals surface area (Å²) in [6, 6.07) is 3.70. The van der Waals surface area contributed by atoms with Crippen LogP contribution in [0.25, 0.3) is 6.08 Å². The van der Waals surface area contributed by atoms with Crippen molar-refractivity contribution in [2.75, 3.05) is 7.11 Å². The number of methoxy groups -OCH3 is 1. The maximum absolute atomic E-state index is 12.8. The molecule has 0 aliphatic carbocycles. The van der Waals surface area contributed by atoms with E-state index in [1.807, 2.05) is 0 Å². The molecule has 1 aromatic carbocycles. The maximum Gasteiger partial charge on any atom is 0.330 e. The summed E-state index contributed by atoms with van der Waals surface area (Å²) >= 11 is 0. The number of hydrogen-bond acceptors (Lipinski definition) is 3. The first-order valence-electron chi connectivity index (χ1n) is 4.18. The molecular formula is C11H9FO3. The molecule has 0 amide bonds. The Bertz CT molecular complexity index is 410. The van der Waals surface area contributed by atoms with Crippen molar-refractivity contribution in [2.45, 2.75) is 0 Å². The molecule has 0 saturated carbocycles. The van der Waals surface area contributed by atoms with E-state index in [0.717, 1.165) is 6.08 Å². The predicted octanol–water partition coefficient (Wildman–Crippen LogP) is 1.82. The van der Waals surface area contributed by atoms with Crippen LogP contribution in [0, 0.1) is 5.82 Å². The van der Waals surface area contributed by atoms with Gasteiger partial charge in [0.15, 0.2) is 6.29 Å². The van der Waals surface area contributed by atoms with Crippen LogP contribution in [0.15, 0.2) is 24.3 Å². The van der Waals surface area contributed by atoms with Gasteiger partial charge >= 0.3 is 5.97 Å². The van der Waals surface area contributed by atoms with Crippen LogP contribution in [0.1, 0.15) is 15.9 Å². The van der Waals surface area contributed by atoms with Crippen LogP contribution in [-0.2, 0) is 9.53 Å². The van der Waals surface area contributed by atoms with E-state index in [4.69, 9.17) is 0 Å². The van der Waals surface area contributed by atoms with Crippen molar-refractivity contribution in [3.05, 3.63) is 41.2 Å². The number of ether oxygens (including phenoxy) is 1. The lowest BCUT2D eigenvalue weighted by molar-refractivity contribution is -0.134. The molecule has 0 unspecified atom stereocenters. The van der Waals surface area contributed by atoms with Crippen molar-refractivity contribution >= 4 is 18.3 Å². The minimum atomic E-state index is -0.559. The van der Waals surface area contributed by atoms with E-state index in [-0.39, 0.29) is 0 Å². The normalized spacial score (nSPS) is 10.3. The molecule has 1 aromatic rings. The van der Waals surface area contributed by atoms with E-state index in [9.17, 15) is 14.0 Å². The van der Waals surface area contributed by atoms with Gasteiger partial charge in [0.25, 0.3) is 0 Å². The average molecular weight is 208 g/mol. The summed E-state index contributed by atoms with van der Waals surface area (Å²) in [7, 11) is 1.24. The highest BCUT2D eigenvalue weighted by atomic mass is 19.1. The monoisotopic (exact) mass is 208 g/mol. The summed E-state index contributed by atoms with van der Waals surface area (Å²) in [6.07, 6.45) is 3.05. The van der Waals surface area contributed by atoms with Crippen molar-refractivity contribution in [1.29, 1.82) is 0 Å². The number of esters is 1. The molecule has 0 atom stereocenters. The zero-order chi connectivity index (χ0) is 11.3. The van der Waals surface area contributed by atoms with Crippen LogP contribution in [0.4, 0.5) is 4.39 Å². The predicted molar refractivity (Wildman–Crippen MR) is 52.8 cm³/mol. The molecule has 0 saturated heterocycles. The van der Waals surface area contributed by atoms with Crippen LogP contribution >= 0.6 is 0 Å². The van der Waals surface area contributed by atoms with Crippen LogP contribution < -0.4 is 0 Å². The van der Waals surface area contributed by atoms with Gasteiger partial charge in [-0.15, -0.1) is 0 Å². The Balaban J connectivity index is 3.01. The highest BCUT2D eigenvalue weighted by Crippen LogP contribution is 2.11. The van der Waals surface area contributed by atoms with Gasteiger partial charge in [-0.05, 0) is 29.8 Å². The number of halogens is 1. The van der Waals surface area contributed by atoms with Crippen LogP contribution in [-0.4, -0.2) is 19.4 Å². The van der Waals surface area contributed by atoms with Crippen molar-refractivity contribution in [1.82, 2.24) is 0 Å². The summed E-state index contributed by atoms with van der Waals surface area (Å²) in [5, 5.41) is 0. The molecule has 0 bridgehead atoms. The van der Waals surface area contributed by atoms with E-state index in [0.29, 0.717) is 17.4 Å². The van der Waals surface area contributed by atoms with E-state index in [2.05, 4.69) is 4.74 Å². The number of aldehydes is 1. The summed E-state index contributed by atoms with van der Waals surface area (Å²) in [6.45, 7) is 0. The lowest BCUT2D eigenvalue weighted by Gasteiger charge is -1.98. The number of carbonyl (C=O) groups is 2. The van der Waals surface area contributed by atoms with Gasteiger partial charge in [0.2, 0.25) is 0 Å². The summed E-state index contributed by atoms with van der Waals surface area (Å²) < 4.78 is 17.2. The highest BCUT2D eigenvalue weighted by molar-refractivity contribution is 5.90. The number of hydrogen-bond donors (Lipinski definition) is 0. The minimum absolute atomic E-state index is 0.316. The quantitative estimate of drug-likeness (QED) is 0.432. The summed E-state index contributed by atoms with van der Waals surface area (Å²) in [5.74, 6) is -1.03. The first kappa shape index (κ1) is 11.1. The van der Waals surface area contributed by atoms with Crippen molar-refractivity contribution in [3.8, 4) is 0 Å². The molecule has 0 aliphatic heterocycles. The SMILES string of the molecule is COC(=O)C=Cc1cc(F)ccc1C=O. The molecule has 4 heteroatoms. The van der Waals surface area contributed by atoms with Gasteiger partial charge in [0.05, 0.1) is 7.11 Å².